The van der Waals surface area contributed by atoms with Crippen molar-refractivity contribution in [1.29, 1.82) is 0 Å². The number of ether oxygens (including phenoxy) is 1. The van der Waals surface area contributed by atoms with Crippen LogP contribution in [0.3, 0.4) is 0 Å². The molecule has 0 saturated heterocycles. The number of carbonyl (C=O) groups is 2. The van der Waals surface area contributed by atoms with Gasteiger partial charge in [-0.1, -0.05) is 12.1 Å². The lowest BCUT2D eigenvalue weighted by atomic mass is 10.3. The number of amides is 1. The van der Waals surface area contributed by atoms with Gasteiger partial charge in [0.2, 0.25) is 0 Å². The second-order valence-corrected chi connectivity index (χ2v) is 5.18. The van der Waals surface area contributed by atoms with Crippen molar-refractivity contribution in [2.45, 2.75) is 0 Å². The summed E-state index contributed by atoms with van der Waals surface area (Å²) in [6, 6.07) is 6.88. The van der Waals surface area contributed by atoms with E-state index in [9.17, 15) is 14.4 Å². The highest BCUT2D eigenvalue weighted by atomic mass is 32.1. The molecule has 1 heterocycles. The number of methoxy groups -OCH3 is 1. The highest BCUT2D eigenvalue weighted by Gasteiger charge is 2.05. The minimum Gasteiger partial charge on any atom is -0.495 e. The number of hydrogen-bond acceptors (Lipinski definition) is 5. The van der Waals surface area contributed by atoms with Crippen LogP contribution in [0.25, 0.3) is 12.2 Å². The molecule has 0 saturated carbocycles. The Labute approximate surface area is 128 Å². The van der Waals surface area contributed by atoms with E-state index in [1.165, 1.54) is 13.2 Å². The van der Waals surface area contributed by atoms with Crippen LogP contribution in [-0.2, 0) is 9.59 Å². The number of thiazole rings is 1. The molecule has 0 bridgehead atoms. The Morgan fingerprint density at radius 2 is 2.05 bits per heavy atom. The molecule has 22 heavy (non-hydrogen) atoms. The van der Waals surface area contributed by atoms with Crippen LogP contribution in [0, 0.1) is 0 Å². The predicted molar refractivity (Wildman–Crippen MR) is 82.4 cm³/mol. The number of carboxylic acids is 1. The summed E-state index contributed by atoms with van der Waals surface area (Å²) >= 11 is 0.885. The van der Waals surface area contributed by atoms with Crippen molar-refractivity contribution in [2.75, 3.05) is 12.4 Å². The van der Waals surface area contributed by atoms with Crippen molar-refractivity contribution in [3.05, 3.63) is 43.8 Å². The van der Waals surface area contributed by atoms with Crippen LogP contribution >= 0.6 is 11.3 Å². The lowest BCUT2D eigenvalue weighted by Crippen LogP contribution is -2.21. The largest absolute Gasteiger partial charge is 0.495 e. The number of carboxylic acid groups (broad SMARTS) is 1. The number of aliphatic carboxylic acids is 1. The number of aromatic nitrogens is 1. The summed E-state index contributed by atoms with van der Waals surface area (Å²) in [5.74, 6) is -1.19. The van der Waals surface area contributed by atoms with E-state index in [0.717, 1.165) is 17.4 Å². The number of rotatable bonds is 4. The summed E-state index contributed by atoms with van der Waals surface area (Å²) in [4.78, 5) is 36.4. The minimum absolute atomic E-state index is 0.0174. The van der Waals surface area contributed by atoms with Crippen LogP contribution in [0.15, 0.2) is 29.1 Å². The van der Waals surface area contributed by atoms with Crippen LogP contribution < -0.4 is 24.8 Å². The Balaban J connectivity index is 2.28. The number of H-pyrrole nitrogens is 1. The fraction of sp³-hybridized carbons (Fsp3) is 0.0714. The van der Waals surface area contributed by atoms with Crippen LogP contribution in [0.2, 0.25) is 0 Å². The lowest BCUT2D eigenvalue weighted by Gasteiger charge is -2.07. The van der Waals surface area contributed by atoms with Crippen LogP contribution in [0.4, 0.5) is 5.69 Å². The number of aromatic amines is 1. The van der Waals surface area contributed by atoms with E-state index in [1.807, 2.05) is 0 Å². The smallest absolute Gasteiger partial charge is 0.329 e. The van der Waals surface area contributed by atoms with Gasteiger partial charge in [0.05, 0.1) is 12.8 Å². The topological polar surface area (TPSA) is 108 Å². The molecule has 0 radical (unpaired) electrons. The molecule has 0 fully saturated rings. The molecule has 0 spiro atoms. The van der Waals surface area contributed by atoms with E-state index < -0.39 is 17.4 Å². The van der Waals surface area contributed by atoms with Gasteiger partial charge in [-0.15, -0.1) is 11.3 Å². The standard InChI is InChI=1S/C14H12N2O5S/c1-21-9-5-3-2-4-8(9)15-11(17)7-12-16-14(20)10(22-12)6-13(18)19/h2-7H,1H3,(H,15,17)(H,16,20)(H,18,19). The zero-order chi connectivity index (χ0) is 16.1. The van der Waals surface area contributed by atoms with Gasteiger partial charge in [-0.05, 0) is 12.1 Å². The van der Waals surface area contributed by atoms with Crippen molar-refractivity contribution < 1.29 is 19.4 Å². The SMILES string of the molecule is COc1ccccc1NC(=O)C=c1[nH]c(=O)c(=CC(=O)O)s1. The van der Waals surface area contributed by atoms with Gasteiger partial charge in [-0.3, -0.25) is 9.59 Å². The molecule has 0 aliphatic carbocycles. The zero-order valence-corrected chi connectivity index (χ0v) is 12.3. The number of nitrogens with one attached hydrogen (secondary N) is 2. The summed E-state index contributed by atoms with van der Waals surface area (Å²) in [5.41, 5.74) is -0.0637. The minimum atomic E-state index is -1.22. The van der Waals surface area contributed by atoms with Crippen molar-refractivity contribution in [3.63, 3.8) is 0 Å². The van der Waals surface area contributed by atoms with Gasteiger partial charge in [0.1, 0.15) is 14.9 Å². The molecule has 7 nitrogen and oxygen atoms in total. The number of carbonyl (C=O) groups excluding carboxylic acids is 1. The summed E-state index contributed by atoms with van der Waals surface area (Å²) in [5, 5.41) is 11.2. The average Bonchev–Trinajstić information content (AvgIpc) is 2.78. The second kappa shape index (κ2) is 6.72. The van der Waals surface area contributed by atoms with Crippen LogP contribution in [0.1, 0.15) is 0 Å². The van der Waals surface area contributed by atoms with Gasteiger partial charge < -0.3 is 20.1 Å². The average molecular weight is 320 g/mol. The Morgan fingerprint density at radius 1 is 1.32 bits per heavy atom. The maximum atomic E-state index is 11.9. The molecule has 0 aliphatic rings. The number of hydrogen-bond donors (Lipinski definition) is 3. The molecule has 2 rings (SSSR count). The van der Waals surface area contributed by atoms with E-state index in [0.29, 0.717) is 11.4 Å². The fourth-order valence-corrected chi connectivity index (χ4v) is 2.52. The molecule has 2 aromatic rings. The van der Waals surface area contributed by atoms with Gasteiger partial charge in [0, 0.05) is 12.2 Å². The van der Waals surface area contributed by atoms with Crippen molar-refractivity contribution in [3.8, 4) is 5.75 Å². The molecule has 1 aromatic heterocycles. The molecule has 0 atom stereocenters. The van der Waals surface area contributed by atoms with Crippen molar-refractivity contribution >= 4 is 41.1 Å². The summed E-state index contributed by atoms with van der Waals surface area (Å²) in [6.45, 7) is 0. The summed E-state index contributed by atoms with van der Waals surface area (Å²) < 4.78 is 5.38. The Kier molecular flexibility index (Phi) is 4.74. The van der Waals surface area contributed by atoms with Crippen LogP contribution in [-0.4, -0.2) is 29.1 Å². The van der Waals surface area contributed by atoms with E-state index in [1.54, 1.807) is 24.3 Å². The Hall–Kier alpha value is -2.87. The monoisotopic (exact) mass is 320 g/mol. The first-order chi connectivity index (χ1) is 10.5. The van der Waals surface area contributed by atoms with Gasteiger partial charge >= 0.3 is 5.97 Å². The van der Waals surface area contributed by atoms with E-state index in [2.05, 4.69) is 10.3 Å². The normalized spacial score (nSPS) is 12.2. The van der Waals surface area contributed by atoms with Gasteiger partial charge in [-0.25, -0.2) is 4.79 Å². The summed E-state index contributed by atoms with van der Waals surface area (Å²) in [7, 11) is 1.49. The Morgan fingerprint density at radius 3 is 2.73 bits per heavy atom. The molecule has 114 valence electrons. The zero-order valence-electron chi connectivity index (χ0n) is 11.5. The molecule has 1 aromatic carbocycles. The number of anilines is 1. The quantitative estimate of drug-likeness (QED) is 0.718. The van der Waals surface area contributed by atoms with Crippen molar-refractivity contribution in [1.82, 2.24) is 4.98 Å². The Bertz CT molecular complexity index is 881. The first-order valence-corrected chi connectivity index (χ1v) is 6.91. The molecule has 0 aliphatic heterocycles. The van der Waals surface area contributed by atoms with Gasteiger partial charge in [-0.2, -0.15) is 0 Å². The molecule has 8 heteroatoms. The van der Waals surface area contributed by atoms with E-state index in [-0.39, 0.29) is 9.20 Å². The predicted octanol–water partition coefficient (Wildman–Crippen LogP) is -0.271. The third kappa shape index (κ3) is 3.83. The highest BCUT2D eigenvalue weighted by Crippen LogP contribution is 2.22. The second-order valence-electron chi connectivity index (χ2n) is 4.10. The van der Waals surface area contributed by atoms with Crippen molar-refractivity contribution in [2.24, 2.45) is 0 Å². The third-order valence-electron chi connectivity index (χ3n) is 2.56. The molecular formula is C14H12N2O5S. The first kappa shape index (κ1) is 15.5. The highest BCUT2D eigenvalue weighted by molar-refractivity contribution is 7.07. The summed E-state index contributed by atoms with van der Waals surface area (Å²) in [6.07, 6.45) is 1.97. The van der Waals surface area contributed by atoms with Crippen LogP contribution in [0.5, 0.6) is 5.75 Å². The van der Waals surface area contributed by atoms with E-state index >= 15 is 0 Å². The number of benzene rings is 1. The molecule has 0 unspecified atom stereocenters. The molecule has 1 amide bonds. The fourth-order valence-electron chi connectivity index (χ4n) is 1.67. The van der Waals surface area contributed by atoms with Gasteiger partial charge in [0.15, 0.2) is 0 Å². The molecule has 3 N–H and O–H groups in total. The van der Waals surface area contributed by atoms with Gasteiger partial charge in [0.25, 0.3) is 11.5 Å². The first-order valence-electron chi connectivity index (χ1n) is 6.09. The number of para-hydroxylation sites is 2. The molecular weight excluding hydrogens is 308 g/mol. The third-order valence-corrected chi connectivity index (χ3v) is 3.53. The maximum Gasteiger partial charge on any atom is 0.329 e. The van der Waals surface area contributed by atoms with E-state index in [4.69, 9.17) is 9.84 Å². The maximum absolute atomic E-state index is 11.9. The lowest BCUT2D eigenvalue weighted by molar-refractivity contribution is -0.129.